The summed E-state index contributed by atoms with van der Waals surface area (Å²) in [5.74, 6) is 1.52. The monoisotopic (exact) mass is 399 g/mol. The summed E-state index contributed by atoms with van der Waals surface area (Å²) in [6.07, 6.45) is 7.89. The van der Waals surface area contributed by atoms with Crippen molar-refractivity contribution < 1.29 is 9.21 Å². The van der Waals surface area contributed by atoms with E-state index in [4.69, 9.17) is 10.2 Å². The molecule has 0 radical (unpaired) electrons. The molecule has 1 aromatic carbocycles. The molecule has 0 unspecified atom stereocenters. The molecule has 0 bridgehead atoms. The highest BCUT2D eigenvalue weighted by atomic mass is 35.5. The van der Waals surface area contributed by atoms with E-state index < -0.39 is 0 Å². The van der Waals surface area contributed by atoms with Crippen LogP contribution in [0.15, 0.2) is 40.9 Å². The number of oxazole rings is 1. The number of benzene rings is 1. The Labute approximate surface area is 167 Å². The van der Waals surface area contributed by atoms with Crippen LogP contribution in [0.1, 0.15) is 44.4 Å². The number of amides is 1. The van der Waals surface area contributed by atoms with Crippen molar-refractivity contribution in [2.45, 2.75) is 50.5 Å². The van der Waals surface area contributed by atoms with E-state index >= 15 is 0 Å². The summed E-state index contributed by atoms with van der Waals surface area (Å²) in [6.45, 7) is 0.527. The van der Waals surface area contributed by atoms with Crippen LogP contribution in [0.5, 0.6) is 0 Å². The topological polar surface area (TPSA) is 81.1 Å². The molecule has 1 aliphatic carbocycles. The zero-order chi connectivity index (χ0) is 16.8. The minimum atomic E-state index is -0.166. The number of hydrogen-bond acceptors (Lipinski definition) is 4. The first-order valence-corrected chi connectivity index (χ1v) is 8.72. The molecule has 1 fully saturated rings. The fourth-order valence-corrected chi connectivity index (χ4v) is 3.35. The zero-order valence-corrected chi connectivity index (χ0v) is 16.4. The number of nitrogens with one attached hydrogen (secondary N) is 1. The summed E-state index contributed by atoms with van der Waals surface area (Å²) >= 11 is 0. The normalized spacial score (nSPS) is 15.0. The van der Waals surface area contributed by atoms with Crippen LogP contribution < -0.4 is 11.1 Å². The second kappa shape index (κ2) is 10.6. The SMILES string of the molecule is Cl.Cl.NCC1(NC(=O)CCCc2ncc(-c3ccccc3)o2)CCCC1. The number of nitrogens with zero attached hydrogens (tertiary/aromatic N) is 1. The molecule has 1 heterocycles. The van der Waals surface area contributed by atoms with E-state index in [0.717, 1.165) is 43.4 Å². The second-order valence-electron chi connectivity index (χ2n) is 6.58. The highest BCUT2D eigenvalue weighted by Gasteiger charge is 2.33. The fourth-order valence-electron chi connectivity index (χ4n) is 3.35. The summed E-state index contributed by atoms with van der Waals surface area (Å²) in [5.41, 5.74) is 6.70. The quantitative estimate of drug-likeness (QED) is 0.739. The number of aromatic nitrogens is 1. The molecular weight excluding hydrogens is 373 g/mol. The summed E-state index contributed by atoms with van der Waals surface area (Å²) in [5, 5.41) is 3.14. The van der Waals surface area contributed by atoms with Crippen molar-refractivity contribution in [1.29, 1.82) is 0 Å². The number of rotatable bonds is 7. The highest BCUT2D eigenvalue weighted by Crippen LogP contribution is 2.28. The molecule has 0 spiro atoms. The van der Waals surface area contributed by atoms with Gasteiger partial charge in [-0.2, -0.15) is 0 Å². The first-order valence-electron chi connectivity index (χ1n) is 8.72. The van der Waals surface area contributed by atoms with Crippen LogP contribution in [0, 0.1) is 0 Å². The minimum absolute atomic E-state index is 0. The number of carbonyl (C=O) groups excluding carboxylic acids is 1. The molecule has 3 N–H and O–H groups in total. The van der Waals surface area contributed by atoms with Crippen LogP contribution in [-0.4, -0.2) is 23.0 Å². The molecule has 1 aromatic heterocycles. The van der Waals surface area contributed by atoms with Crippen molar-refractivity contribution >= 4 is 30.7 Å². The Morgan fingerprint density at radius 1 is 1.19 bits per heavy atom. The van der Waals surface area contributed by atoms with Crippen LogP contribution in [-0.2, 0) is 11.2 Å². The van der Waals surface area contributed by atoms with E-state index in [2.05, 4.69) is 10.3 Å². The van der Waals surface area contributed by atoms with Crippen LogP contribution in [0.2, 0.25) is 0 Å². The lowest BCUT2D eigenvalue weighted by molar-refractivity contribution is -0.123. The summed E-state index contributed by atoms with van der Waals surface area (Å²) in [7, 11) is 0. The standard InChI is InChI=1S/C19H25N3O2.2ClH/c20-14-19(11-4-5-12-19)22-17(23)9-6-10-18-21-13-16(24-18)15-7-2-1-3-8-15;;/h1-3,7-8,13H,4-6,9-12,14,20H2,(H,22,23);2*1H. The number of aryl methyl sites for hydroxylation is 1. The van der Waals surface area contributed by atoms with Crippen LogP contribution in [0.25, 0.3) is 11.3 Å². The lowest BCUT2D eigenvalue weighted by Crippen LogP contribution is -2.51. The Balaban J connectivity index is 0.00000169. The van der Waals surface area contributed by atoms with Gasteiger partial charge in [0, 0.05) is 24.9 Å². The molecular formula is C19H27Cl2N3O2. The van der Waals surface area contributed by atoms with Gasteiger partial charge in [0.25, 0.3) is 0 Å². The molecule has 7 heteroatoms. The zero-order valence-electron chi connectivity index (χ0n) is 14.8. The predicted octanol–water partition coefficient (Wildman–Crippen LogP) is 3.90. The average Bonchev–Trinajstić information content (AvgIpc) is 3.26. The Bertz CT molecular complexity index is 670. The number of halogens is 2. The Morgan fingerprint density at radius 2 is 1.88 bits per heavy atom. The van der Waals surface area contributed by atoms with Gasteiger partial charge < -0.3 is 15.5 Å². The van der Waals surface area contributed by atoms with Crippen LogP contribution in [0.4, 0.5) is 0 Å². The van der Waals surface area contributed by atoms with Crippen molar-refractivity contribution in [1.82, 2.24) is 10.3 Å². The third kappa shape index (κ3) is 5.73. The van der Waals surface area contributed by atoms with Crippen molar-refractivity contribution in [3.05, 3.63) is 42.4 Å². The van der Waals surface area contributed by atoms with Gasteiger partial charge in [-0.15, -0.1) is 24.8 Å². The minimum Gasteiger partial charge on any atom is -0.441 e. The molecule has 2 aromatic rings. The summed E-state index contributed by atoms with van der Waals surface area (Å²) in [4.78, 5) is 16.5. The van der Waals surface area contributed by atoms with E-state index in [1.807, 2.05) is 30.3 Å². The van der Waals surface area contributed by atoms with E-state index in [1.165, 1.54) is 0 Å². The predicted molar refractivity (Wildman–Crippen MR) is 108 cm³/mol. The molecule has 3 rings (SSSR count). The fraction of sp³-hybridized carbons (Fsp3) is 0.474. The molecule has 26 heavy (non-hydrogen) atoms. The Morgan fingerprint density at radius 3 is 2.54 bits per heavy atom. The van der Waals surface area contributed by atoms with E-state index in [1.54, 1.807) is 6.20 Å². The van der Waals surface area contributed by atoms with Crippen molar-refractivity contribution in [2.24, 2.45) is 5.73 Å². The van der Waals surface area contributed by atoms with Gasteiger partial charge in [0.1, 0.15) is 0 Å². The van der Waals surface area contributed by atoms with Crippen LogP contribution >= 0.6 is 24.8 Å². The Hall–Kier alpha value is -1.56. The van der Waals surface area contributed by atoms with Gasteiger partial charge in [-0.1, -0.05) is 43.2 Å². The number of hydrogen-bond donors (Lipinski definition) is 2. The van der Waals surface area contributed by atoms with Crippen molar-refractivity contribution in [3.63, 3.8) is 0 Å². The van der Waals surface area contributed by atoms with Gasteiger partial charge in [-0.3, -0.25) is 4.79 Å². The lowest BCUT2D eigenvalue weighted by Gasteiger charge is -2.28. The average molecular weight is 400 g/mol. The van der Waals surface area contributed by atoms with Crippen molar-refractivity contribution in [2.75, 3.05) is 6.54 Å². The number of carbonyl (C=O) groups is 1. The lowest BCUT2D eigenvalue weighted by atomic mass is 9.97. The second-order valence-corrected chi connectivity index (χ2v) is 6.58. The van der Waals surface area contributed by atoms with Crippen LogP contribution in [0.3, 0.4) is 0 Å². The maximum absolute atomic E-state index is 12.2. The smallest absolute Gasteiger partial charge is 0.220 e. The van der Waals surface area contributed by atoms with Gasteiger partial charge in [0.05, 0.1) is 11.7 Å². The van der Waals surface area contributed by atoms with Gasteiger partial charge >= 0.3 is 0 Å². The first kappa shape index (κ1) is 22.5. The summed E-state index contributed by atoms with van der Waals surface area (Å²) < 4.78 is 5.76. The third-order valence-corrected chi connectivity index (χ3v) is 4.76. The molecule has 5 nitrogen and oxygen atoms in total. The molecule has 0 atom stereocenters. The van der Waals surface area contributed by atoms with E-state index in [0.29, 0.717) is 25.3 Å². The first-order chi connectivity index (χ1) is 11.7. The summed E-state index contributed by atoms with van der Waals surface area (Å²) in [6, 6.07) is 9.89. The highest BCUT2D eigenvalue weighted by molar-refractivity contribution is 5.85. The molecule has 1 aliphatic rings. The van der Waals surface area contributed by atoms with E-state index in [-0.39, 0.29) is 36.3 Å². The molecule has 144 valence electrons. The van der Waals surface area contributed by atoms with Gasteiger partial charge in [0.2, 0.25) is 5.91 Å². The van der Waals surface area contributed by atoms with Gasteiger partial charge in [0.15, 0.2) is 11.7 Å². The molecule has 0 aliphatic heterocycles. The maximum Gasteiger partial charge on any atom is 0.220 e. The van der Waals surface area contributed by atoms with E-state index in [9.17, 15) is 4.79 Å². The Kier molecular flexibility index (Phi) is 9.13. The molecule has 1 saturated carbocycles. The largest absolute Gasteiger partial charge is 0.441 e. The molecule has 0 saturated heterocycles. The van der Waals surface area contributed by atoms with Crippen molar-refractivity contribution in [3.8, 4) is 11.3 Å². The van der Waals surface area contributed by atoms with Gasteiger partial charge in [-0.25, -0.2) is 4.98 Å². The van der Waals surface area contributed by atoms with Gasteiger partial charge in [-0.05, 0) is 19.3 Å². The molecule has 1 amide bonds. The number of nitrogens with two attached hydrogens (primary N) is 1. The maximum atomic E-state index is 12.2. The third-order valence-electron chi connectivity index (χ3n) is 4.76.